The first-order valence-electron chi connectivity index (χ1n) is 10.8. The molecule has 162 valence electrons. The first kappa shape index (κ1) is 23.0. The van der Waals surface area contributed by atoms with Crippen LogP contribution in [0.4, 0.5) is 0 Å². The average Bonchev–Trinajstić information content (AvgIpc) is 3.04. The second kappa shape index (κ2) is 9.61. The van der Waals surface area contributed by atoms with E-state index in [4.69, 9.17) is 0 Å². The van der Waals surface area contributed by atoms with Crippen LogP contribution in [0.3, 0.4) is 0 Å². The zero-order valence-electron chi connectivity index (χ0n) is 19.1. The molecule has 1 aliphatic carbocycles. The third kappa shape index (κ3) is 5.50. The lowest BCUT2D eigenvalue weighted by atomic mass is 9.72. The first-order valence-corrected chi connectivity index (χ1v) is 11.5. The Morgan fingerprint density at radius 1 is 1.13 bits per heavy atom. The fourth-order valence-corrected chi connectivity index (χ4v) is 4.96. The van der Waals surface area contributed by atoms with Gasteiger partial charge >= 0.3 is 0 Å². The van der Waals surface area contributed by atoms with Crippen molar-refractivity contribution in [3.05, 3.63) is 93.4 Å². The van der Waals surface area contributed by atoms with E-state index in [1.165, 1.54) is 52.0 Å². The second-order valence-corrected chi connectivity index (χ2v) is 9.94. The van der Waals surface area contributed by atoms with E-state index in [9.17, 15) is 9.59 Å². The van der Waals surface area contributed by atoms with Crippen LogP contribution in [0.15, 0.2) is 87.8 Å². The molecular formula is C27H31NO2S. The number of carbonyl (C=O) groups is 1. The molecule has 0 fully saturated rings. The minimum atomic E-state index is -0.309. The summed E-state index contributed by atoms with van der Waals surface area (Å²) in [5.41, 5.74) is 4.87. The molecule has 1 aromatic carbocycles. The zero-order valence-corrected chi connectivity index (χ0v) is 19.9. The van der Waals surface area contributed by atoms with E-state index in [1.807, 2.05) is 43.4 Å². The quantitative estimate of drug-likeness (QED) is 0.368. The van der Waals surface area contributed by atoms with Crippen molar-refractivity contribution in [2.75, 3.05) is 0 Å². The molecule has 3 rings (SSSR count). The van der Waals surface area contributed by atoms with Crippen LogP contribution in [-0.4, -0.2) is 9.86 Å². The van der Waals surface area contributed by atoms with Crippen LogP contribution >= 0.6 is 11.5 Å². The number of carbonyl (C=O) groups excluding carboxylic acids is 1. The highest BCUT2D eigenvalue weighted by atomic mass is 32.1. The van der Waals surface area contributed by atoms with Crippen LogP contribution in [-0.2, 0) is 0 Å². The smallest absolute Gasteiger partial charge is 0.268 e. The standard InChI is InChI=1S/C27H31NO2S/c1-19(15-16-23-21(3)12-9-17-27(23,4)5)10-8-11-20(2)18-25(29)28-26(30)22-13-6-7-14-24(22)31-28/h6-8,10-11,13-16,18H,9,12,17H2,1-5H3/b11-8+,16-15+,19-10+,20-18+. The van der Waals surface area contributed by atoms with Crippen molar-refractivity contribution in [2.45, 2.75) is 53.9 Å². The molecule has 0 spiro atoms. The monoisotopic (exact) mass is 433 g/mol. The van der Waals surface area contributed by atoms with Crippen LogP contribution in [0.2, 0.25) is 0 Å². The molecule has 0 saturated carbocycles. The van der Waals surface area contributed by atoms with Crippen molar-refractivity contribution in [3.63, 3.8) is 0 Å². The van der Waals surface area contributed by atoms with Gasteiger partial charge in [0.25, 0.3) is 11.5 Å². The highest BCUT2D eigenvalue weighted by Crippen LogP contribution is 2.40. The van der Waals surface area contributed by atoms with Crippen molar-refractivity contribution in [2.24, 2.45) is 5.41 Å². The van der Waals surface area contributed by atoms with Gasteiger partial charge in [-0.25, -0.2) is 0 Å². The van der Waals surface area contributed by atoms with Crippen molar-refractivity contribution in [1.82, 2.24) is 3.96 Å². The molecule has 0 bridgehead atoms. The highest BCUT2D eigenvalue weighted by molar-refractivity contribution is 7.14. The number of aromatic nitrogens is 1. The minimum Gasteiger partial charge on any atom is -0.268 e. The minimum absolute atomic E-state index is 0.235. The maximum Gasteiger partial charge on any atom is 0.275 e. The van der Waals surface area contributed by atoms with Crippen molar-refractivity contribution in [3.8, 4) is 0 Å². The summed E-state index contributed by atoms with van der Waals surface area (Å²) in [6.45, 7) is 10.8. The van der Waals surface area contributed by atoms with Gasteiger partial charge in [-0.15, -0.1) is 0 Å². The molecule has 0 radical (unpaired) electrons. The first-order chi connectivity index (χ1) is 14.7. The largest absolute Gasteiger partial charge is 0.275 e. The van der Waals surface area contributed by atoms with E-state index in [2.05, 4.69) is 39.8 Å². The maximum absolute atomic E-state index is 12.5. The van der Waals surface area contributed by atoms with Gasteiger partial charge in [0.05, 0.1) is 10.1 Å². The number of rotatable bonds is 5. The second-order valence-electron chi connectivity index (χ2n) is 8.95. The van der Waals surface area contributed by atoms with E-state index in [0.717, 1.165) is 15.8 Å². The molecule has 1 aromatic heterocycles. The third-order valence-electron chi connectivity index (χ3n) is 5.82. The lowest BCUT2D eigenvalue weighted by molar-refractivity contribution is 0.0977. The SMILES string of the molecule is CC1=C(/C=C/C(C)=C/C=C/C(C)=C/C(=O)n2sc3ccccc3c2=O)C(C)(C)CCC1. The van der Waals surface area contributed by atoms with Crippen LogP contribution in [0, 0.1) is 5.41 Å². The molecule has 0 amide bonds. The number of allylic oxidation sites excluding steroid dienone is 10. The van der Waals surface area contributed by atoms with Gasteiger partial charge in [-0.3, -0.25) is 9.59 Å². The summed E-state index contributed by atoms with van der Waals surface area (Å²) in [6.07, 6.45) is 15.5. The van der Waals surface area contributed by atoms with Gasteiger partial charge in [-0.2, -0.15) is 3.96 Å². The molecule has 2 aromatic rings. The molecule has 0 atom stereocenters. The molecule has 0 saturated heterocycles. The summed E-state index contributed by atoms with van der Waals surface area (Å²) in [7, 11) is 0. The summed E-state index contributed by atoms with van der Waals surface area (Å²) < 4.78 is 2.03. The summed E-state index contributed by atoms with van der Waals surface area (Å²) in [5.74, 6) is -0.309. The van der Waals surface area contributed by atoms with Gasteiger partial charge in [0.2, 0.25) is 0 Å². The van der Waals surface area contributed by atoms with Crippen molar-refractivity contribution in [1.29, 1.82) is 0 Å². The van der Waals surface area contributed by atoms with Gasteiger partial charge in [-0.05, 0) is 80.3 Å². The van der Waals surface area contributed by atoms with E-state index < -0.39 is 0 Å². The fraction of sp³-hybridized carbons (Fsp3) is 0.333. The summed E-state index contributed by atoms with van der Waals surface area (Å²) >= 11 is 1.18. The number of fused-ring (bicyclic) bond motifs is 1. The summed E-state index contributed by atoms with van der Waals surface area (Å²) in [4.78, 5) is 25.0. The van der Waals surface area contributed by atoms with Gasteiger partial charge in [0.1, 0.15) is 0 Å². The van der Waals surface area contributed by atoms with Gasteiger partial charge in [0, 0.05) is 6.08 Å². The summed E-state index contributed by atoms with van der Waals surface area (Å²) in [6, 6.07) is 7.29. The highest BCUT2D eigenvalue weighted by Gasteiger charge is 2.26. The Morgan fingerprint density at radius 2 is 1.87 bits per heavy atom. The lowest BCUT2D eigenvalue weighted by Gasteiger charge is -2.32. The number of hydrogen-bond donors (Lipinski definition) is 0. The van der Waals surface area contributed by atoms with Gasteiger partial charge < -0.3 is 0 Å². The van der Waals surface area contributed by atoms with Crippen LogP contribution in [0.1, 0.15) is 58.7 Å². The Bertz CT molecular complexity index is 1200. The Kier molecular flexibility index (Phi) is 7.11. The van der Waals surface area contributed by atoms with E-state index in [-0.39, 0.29) is 16.9 Å². The summed E-state index contributed by atoms with van der Waals surface area (Å²) in [5, 5.41) is 0.583. The number of hydrogen-bond acceptors (Lipinski definition) is 3. The third-order valence-corrected chi connectivity index (χ3v) is 6.90. The molecule has 0 N–H and O–H groups in total. The Labute approximate surface area is 188 Å². The molecule has 0 aliphatic heterocycles. The van der Waals surface area contributed by atoms with Crippen LogP contribution < -0.4 is 5.56 Å². The van der Waals surface area contributed by atoms with Gasteiger partial charge in [-0.1, -0.05) is 67.5 Å². The zero-order chi connectivity index (χ0) is 22.6. The maximum atomic E-state index is 12.5. The molecule has 31 heavy (non-hydrogen) atoms. The van der Waals surface area contributed by atoms with E-state index in [1.54, 1.807) is 6.07 Å². The molecule has 4 heteroatoms. The predicted octanol–water partition coefficient (Wildman–Crippen LogP) is 7.23. The predicted molar refractivity (Wildman–Crippen MR) is 133 cm³/mol. The molecule has 1 aliphatic rings. The van der Waals surface area contributed by atoms with E-state index >= 15 is 0 Å². The molecule has 3 nitrogen and oxygen atoms in total. The lowest BCUT2D eigenvalue weighted by Crippen LogP contribution is -2.19. The molecule has 1 heterocycles. The fourth-order valence-electron chi connectivity index (χ4n) is 4.05. The number of nitrogens with zero attached hydrogens (tertiary/aromatic N) is 1. The van der Waals surface area contributed by atoms with Crippen LogP contribution in [0.25, 0.3) is 10.1 Å². The van der Waals surface area contributed by atoms with Crippen molar-refractivity contribution < 1.29 is 4.79 Å². The number of benzene rings is 1. The molecular weight excluding hydrogens is 402 g/mol. The van der Waals surface area contributed by atoms with Crippen molar-refractivity contribution >= 4 is 27.5 Å². The Morgan fingerprint density at radius 3 is 2.58 bits per heavy atom. The van der Waals surface area contributed by atoms with Crippen LogP contribution in [0.5, 0.6) is 0 Å². The normalized spacial score (nSPS) is 18.0. The Balaban J connectivity index is 1.70. The van der Waals surface area contributed by atoms with Gasteiger partial charge in [0.15, 0.2) is 0 Å². The average molecular weight is 434 g/mol. The molecule has 0 unspecified atom stereocenters. The van der Waals surface area contributed by atoms with E-state index in [0.29, 0.717) is 5.39 Å². The topological polar surface area (TPSA) is 39.1 Å². The Hall–Kier alpha value is -2.72.